The molecule has 10 heteroatoms. The average Bonchev–Trinajstić information content (AvgIpc) is 2.95. The van der Waals surface area contributed by atoms with E-state index < -0.39 is 29.8 Å². The van der Waals surface area contributed by atoms with E-state index in [4.69, 9.17) is 5.26 Å². The number of amides is 1. The Kier molecular flexibility index (Phi) is 4.80. The summed E-state index contributed by atoms with van der Waals surface area (Å²) in [5.41, 5.74) is -2.02. The van der Waals surface area contributed by atoms with Crippen LogP contribution in [0.15, 0.2) is 24.7 Å². The van der Waals surface area contributed by atoms with E-state index in [2.05, 4.69) is 15.4 Å². The van der Waals surface area contributed by atoms with Gasteiger partial charge in [-0.25, -0.2) is 4.98 Å². The molecule has 2 aromatic rings. The number of rotatable bonds is 4. The lowest BCUT2D eigenvalue weighted by atomic mass is 10.1. The summed E-state index contributed by atoms with van der Waals surface area (Å²) in [6.45, 7) is 2.31. The summed E-state index contributed by atoms with van der Waals surface area (Å²) in [6, 6.07) is 3.37. The second-order valence-corrected chi connectivity index (χ2v) is 5.65. The Balaban J connectivity index is 2.11. The Morgan fingerprint density at radius 2 is 2.12 bits per heavy atom. The summed E-state index contributed by atoms with van der Waals surface area (Å²) in [5.74, 6) is -0.845. The van der Waals surface area contributed by atoms with Crippen LogP contribution in [-0.2, 0) is 17.5 Å². The van der Waals surface area contributed by atoms with Crippen molar-refractivity contribution in [2.45, 2.75) is 32.2 Å². The van der Waals surface area contributed by atoms with Gasteiger partial charge in [0.15, 0.2) is 5.60 Å². The van der Waals surface area contributed by atoms with Crippen molar-refractivity contribution < 1.29 is 23.1 Å². The highest BCUT2D eigenvalue weighted by atomic mass is 19.4. The summed E-state index contributed by atoms with van der Waals surface area (Å²) in [6.07, 6.45) is -2.00. The van der Waals surface area contributed by atoms with E-state index >= 15 is 0 Å². The molecule has 0 radical (unpaired) electrons. The van der Waals surface area contributed by atoms with E-state index in [9.17, 15) is 23.1 Å². The minimum absolute atomic E-state index is 0.195. The third-order valence-corrected chi connectivity index (χ3v) is 3.36. The lowest BCUT2D eigenvalue weighted by Gasteiger charge is -2.22. The summed E-state index contributed by atoms with van der Waals surface area (Å²) in [7, 11) is 0. The second-order valence-electron chi connectivity index (χ2n) is 5.65. The number of carbonyl (C=O) groups excluding carboxylic acids is 1. The van der Waals surface area contributed by atoms with Crippen molar-refractivity contribution in [3.05, 3.63) is 41.5 Å². The number of nitrogens with one attached hydrogen (secondary N) is 1. The largest absolute Gasteiger partial charge is 0.419 e. The number of hydrogen-bond acceptors (Lipinski definition) is 5. The summed E-state index contributed by atoms with van der Waals surface area (Å²) in [4.78, 5) is 16.0. The van der Waals surface area contributed by atoms with Gasteiger partial charge in [-0.3, -0.25) is 9.48 Å². The lowest BCUT2D eigenvalue weighted by Crippen LogP contribution is -2.43. The SMILES string of the molecule is Cc1cc(NC(=O)C(C)(O)Cn2cc(C(F)(F)F)cn2)cnc1C#N. The smallest absolute Gasteiger partial charge is 0.378 e. The molecule has 2 heterocycles. The van der Waals surface area contributed by atoms with Crippen LogP contribution in [0.3, 0.4) is 0 Å². The summed E-state index contributed by atoms with van der Waals surface area (Å²) < 4.78 is 38.5. The molecule has 1 amide bonds. The molecule has 0 saturated heterocycles. The van der Waals surface area contributed by atoms with Crippen LogP contribution in [0.25, 0.3) is 0 Å². The second kappa shape index (κ2) is 6.52. The van der Waals surface area contributed by atoms with Crippen LogP contribution in [0, 0.1) is 18.3 Å². The zero-order valence-corrected chi connectivity index (χ0v) is 13.3. The van der Waals surface area contributed by atoms with E-state index in [0.29, 0.717) is 18.0 Å². The Bertz CT molecular complexity index is 836. The molecule has 1 atom stereocenters. The van der Waals surface area contributed by atoms with Gasteiger partial charge in [-0.05, 0) is 25.5 Å². The molecular weight excluding hydrogens is 339 g/mol. The van der Waals surface area contributed by atoms with Gasteiger partial charge in [0.1, 0.15) is 11.8 Å². The zero-order chi connectivity index (χ0) is 18.8. The molecule has 7 nitrogen and oxygen atoms in total. The number of anilines is 1. The topological polar surface area (TPSA) is 104 Å². The molecule has 0 spiro atoms. The van der Waals surface area contributed by atoms with Crippen molar-refractivity contribution in [1.82, 2.24) is 14.8 Å². The quantitative estimate of drug-likeness (QED) is 0.873. The third-order valence-electron chi connectivity index (χ3n) is 3.36. The molecule has 0 bridgehead atoms. The van der Waals surface area contributed by atoms with Crippen LogP contribution in [-0.4, -0.2) is 31.4 Å². The molecular formula is C15H14F3N5O2. The van der Waals surface area contributed by atoms with Crippen molar-refractivity contribution in [2.75, 3.05) is 5.32 Å². The molecule has 2 aromatic heterocycles. The van der Waals surface area contributed by atoms with E-state index in [0.717, 1.165) is 11.6 Å². The average molecular weight is 353 g/mol. The molecule has 0 aliphatic carbocycles. The van der Waals surface area contributed by atoms with Crippen LogP contribution >= 0.6 is 0 Å². The van der Waals surface area contributed by atoms with Gasteiger partial charge in [-0.2, -0.15) is 23.5 Å². The number of aryl methyl sites for hydroxylation is 1. The standard InChI is InChI=1S/C15H14F3N5O2/c1-9-3-11(6-20-12(9)4-19)22-13(24)14(2,25)8-23-7-10(5-21-23)15(16,17)18/h3,5-7,25H,8H2,1-2H3,(H,22,24). The van der Waals surface area contributed by atoms with Crippen LogP contribution in [0.1, 0.15) is 23.7 Å². The molecule has 0 saturated carbocycles. The fourth-order valence-electron chi connectivity index (χ4n) is 2.01. The normalized spacial score (nSPS) is 13.8. The first-order chi connectivity index (χ1) is 11.5. The van der Waals surface area contributed by atoms with Gasteiger partial charge in [-0.1, -0.05) is 0 Å². The van der Waals surface area contributed by atoms with Gasteiger partial charge in [0.25, 0.3) is 5.91 Å². The highest BCUT2D eigenvalue weighted by Crippen LogP contribution is 2.28. The van der Waals surface area contributed by atoms with Gasteiger partial charge in [-0.15, -0.1) is 0 Å². The molecule has 0 aliphatic heterocycles. The van der Waals surface area contributed by atoms with Gasteiger partial charge >= 0.3 is 6.18 Å². The Labute approximate surface area is 140 Å². The van der Waals surface area contributed by atoms with E-state index in [1.807, 2.05) is 6.07 Å². The first-order valence-electron chi connectivity index (χ1n) is 7.03. The van der Waals surface area contributed by atoms with Crippen LogP contribution < -0.4 is 5.32 Å². The molecule has 0 aromatic carbocycles. The number of alkyl halides is 3. The van der Waals surface area contributed by atoms with Gasteiger partial charge < -0.3 is 10.4 Å². The van der Waals surface area contributed by atoms with Crippen LogP contribution in [0.4, 0.5) is 18.9 Å². The first kappa shape index (κ1) is 18.4. The Hall–Kier alpha value is -2.93. The molecule has 25 heavy (non-hydrogen) atoms. The fourth-order valence-corrected chi connectivity index (χ4v) is 2.01. The number of halogens is 3. The van der Waals surface area contributed by atoms with Gasteiger partial charge in [0.05, 0.1) is 30.2 Å². The fraction of sp³-hybridized carbons (Fsp3) is 0.333. The minimum atomic E-state index is -4.56. The number of hydrogen-bond donors (Lipinski definition) is 2. The minimum Gasteiger partial charge on any atom is -0.378 e. The first-order valence-corrected chi connectivity index (χ1v) is 7.03. The van der Waals surface area contributed by atoms with Crippen LogP contribution in [0.5, 0.6) is 0 Å². The molecule has 2 N–H and O–H groups in total. The predicted octanol–water partition coefficient (Wildman–Crippen LogP) is 1.87. The predicted molar refractivity (Wildman–Crippen MR) is 80.2 cm³/mol. The lowest BCUT2D eigenvalue weighted by molar-refractivity contribution is -0.137. The molecule has 132 valence electrons. The van der Waals surface area contributed by atoms with Crippen LogP contribution in [0.2, 0.25) is 0 Å². The van der Waals surface area contributed by atoms with E-state index in [-0.39, 0.29) is 11.4 Å². The van der Waals surface area contributed by atoms with Gasteiger partial charge in [0.2, 0.25) is 0 Å². The number of aliphatic hydroxyl groups is 1. The van der Waals surface area contributed by atoms with Crippen molar-refractivity contribution >= 4 is 11.6 Å². The number of pyridine rings is 1. The van der Waals surface area contributed by atoms with Gasteiger partial charge in [0, 0.05) is 6.20 Å². The molecule has 0 aliphatic rings. The molecule has 2 rings (SSSR count). The molecule has 0 fully saturated rings. The van der Waals surface area contributed by atoms with Crippen molar-refractivity contribution in [3.8, 4) is 6.07 Å². The Morgan fingerprint density at radius 1 is 1.44 bits per heavy atom. The number of nitriles is 1. The monoisotopic (exact) mass is 353 g/mol. The maximum Gasteiger partial charge on any atom is 0.419 e. The number of nitrogens with zero attached hydrogens (tertiary/aromatic N) is 4. The highest BCUT2D eigenvalue weighted by molar-refractivity contribution is 5.96. The number of aromatic nitrogens is 3. The van der Waals surface area contributed by atoms with Crippen molar-refractivity contribution in [2.24, 2.45) is 0 Å². The maximum absolute atomic E-state index is 12.6. The third kappa shape index (κ3) is 4.33. The summed E-state index contributed by atoms with van der Waals surface area (Å²) in [5, 5.41) is 25.0. The van der Waals surface area contributed by atoms with E-state index in [1.54, 1.807) is 6.92 Å². The summed E-state index contributed by atoms with van der Waals surface area (Å²) >= 11 is 0. The van der Waals surface area contributed by atoms with E-state index in [1.165, 1.54) is 12.3 Å². The Morgan fingerprint density at radius 3 is 2.64 bits per heavy atom. The maximum atomic E-state index is 12.6. The highest BCUT2D eigenvalue weighted by Gasteiger charge is 2.35. The zero-order valence-electron chi connectivity index (χ0n) is 13.3. The van der Waals surface area contributed by atoms with Crippen molar-refractivity contribution in [1.29, 1.82) is 5.26 Å². The molecule has 1 unspecified atom stereocenters. The van der Waals surface area contributed by atoms with Crippen molar-refractivity contribution in [3.63, 3.8) is 0 Å². The number of carbonyl (C=O) groups is 1.